The van der Waals surface area contributed by atoms with Crippen LogP contribution in [0.1, 0.15) is 35.3 Å². The monoisotopic (exact) mass is 300 g/mol. The van der Waals surface area contributed by atoms with Gasteiger partial charge < -0.3 is 4.90 Å². The van der Waals surface area contributed by atoms with Gasteiger partial charge in [0.05, 0.1) is 22.0 Å². The van der Waals surface area contributed by atoms with Gasteiger partial charge in [0.2, 0.25) is 0 Å². The van der Waals surface area contributed by atoms with Gasteiger partial charge in [-0.1, -0.05) is 0 Å². The second-order valence-electron chi connectivity index (χ2n) is 5.04. The van der Waals surface area contributed by atoms with Crippen molar-refractivity contribution in [1.29, 1.82) is 0 Å². The van der Waals surface area contributed by atoms with Gasteiger partial charge in [-0.3, -0.25) is 4.79 Å². The van der Waals surface area contributed by atoms with Crippen molar-refractivity contribution in [2.24, 2.45) is 4.99 Å². The molecule has 1 aliphatic rings. The smallest absolute Gasteiger partial charge is 0.332 e. The number of thiocarbonyl (C=S) groups is 1. The van der Waals surface area contributed by atoms with Crippen LogP contribution in [0.2, 0.25) is 0 Å². The Bertz CT molecular complexity index is 646. The molecule has 1 amide bonds. The largest absolute Gasteiger partial charge is 0.416 e. The van der Waals surface area contributed by atoms with Crippen LogP contribution in [-0.2, 0) is 11.7 Å². The van der Waals surface area contributed by atoms with Gasteiger partial charge >= 0.3 is 6.18 Å². The van der Waals surface area contributed by atoms with E-state index >= 15 is 0 Å². The minimum Gasteiger partial charge on any atom is -0.332 e. The molecular weight excluding hydrogens is 289 g/mol. The lowest BCUT2D eigenvalue weighted by molar-refractivity contribution is -0.139. The molecule has 0 saturated heterocycles. The van der Waals surface area contributed by atoms with Gasteiger partial charge in [-0.25, -0.2) is 0 Å². The minimum atomic E-state index is -4.57. The highest BCUT2D eigenvalue weighted by molar-refractivity contribution is 7.78. The highest BCUT2D eigenvalue weighted by Crippen LogP contribution is 2.46. The van der Waals surface area contributed by atoms with Crippen molar-refractivity contribution in [3.8, 4) is 0 Å². The zero-order valence-electron chi connectivity index (χ0n) is 11.0. The topological polar surface area (TPSA) is 32.7 Å². The molecule has 0 aliphatic carbocycles. The molecule has 1 heterocycles. The molecule has 0 bridgehead atoms. The van der Waals surface area contributed by atoms with E-state index in [0.717, 1.165) is 6.07 Å². The van der Waals surface area contributed by atoms with Crippen molar-refractivity contribution in [2.45, 2.75) is 25.6 Å². The number of hydrogen-bond donors (Lipinski definition) is 0. The van der Waals surface area contributed by atoms with E-state index in [1.54, 1.807) is 13.8 Å². The first kappa shape index (κ1) is 14.7. The number of nitrogens with zero attached hydrogens (tertiary/aromatic N) is 2. The highest BCUT2D eigenvalue weighted by atomic mass is 32.1. The number of halogens is 3. The van der Waals surface area contributed by atoms with Crippen LogP contribution in [0.15, 0.2) is 17.1 Å². The van der Waals surface area contributed by atoms with Gasteiger partial charge in [-0.2, -0.15) is 18.2 Å². The molecule has 1 aliphatic heterocycles. The summed E-state index contributed by atoms with van der Waals surface area (Å²) in [7, 11) is 1.48. The molecule has 0 radical (unpaired) electrons. The fraction of sp³-hybridized carbons (Fsp3) is 0.385. The molecule has 0 unspecified atom stereocenters. The zero-order valence-corrected chi connectivity index (χ0v) is 11.8. The number of benzene rings is 1. The summed E-state index contributed by atoms with van der Waals surface area (Å²) in [5, 5.41) is 2.02. The van der Waals surface area contributed by atoms with Crippen molar-refractivity contribution < 1.29 is 18.0 Å². The summed E-state index contributed by atoms with van der Waals surface area (Å²) in [4.78, 5) is 17.0. The van der Waals surface area contributed by atoms with Crippen LogP contribution >= 0.6 is 12.2 Å². The Labute approximate surface area is 119 Å². The van der Waals surface area contributed by atoms with Gasteiger partial charge in [0, 0.05) is 18.2 Å². The summed E-state index contributed by atoms with van der Waals surface area (Å²) in [5.74, 6) is -0.461. The number of aliphatic imine (C=N–C) groups is 1. The lowest BCUT2D eigenvalue weighted by Gasteiger charge is -2.30. The second kappa shape index (κ2) is 4.40. The van der Waals surface area contributed by atoms with Crippen molar-refractivity contribution in [1.82, 2.24) is 4.90 Å². The van der Waals surface area contributed by atoms with E-state index in [4.69, 9.17) is 0 Å². The predicted octanol–water partition coefficient (Wildman–Crippen LogP) is 3.76. The normalized spacial score (nSPS) is 16.9. The third kappa shape index (κ3) is 2.03. The van der Waals surface area contributed by atoms with E-state index in [2.05, 4.69) is 17.2 Å². The maximum absolute atomic E-state index is 13.2. The molecule has 1 aromatic carbocycles. The van der Waals surface area contributed by atoms with E-state index in [1.165, 1.54) is 18.0 Å². The Kier molecular flexibility index (Phi) is 3.23. The lowest BCUT2D eigenvalue weighted by Crippen LogP contribution is -2.36. The summed E-state index contributed by atoms with van der Waals surface area (Å²) in [6.45, 7) is 3.15. The van der Waals surface area contributed by atoms with E-state index < -0.39 is 23.2 Å². The molecule has 0 saturated carbocycles. The van der Waals surface area contributed by atoms with Crippen LogP contribution < -0.4 is 0 Å². The second-order valence-corrected chi connectivity index (χ2v) is 5.22. The van der Waals surface area contributed by atoms with E-state index in [9.17, 15) is 18.0 Å². The first-order valence-electron chi connectivity index (χ1n) is 5.72. The molecule has 7 heteroatoms. The Morgan fingerprint density at radius 3 is 2.45 bits per heavy atom. The van der Waals surface area contributed by atoms with Crippen LogP contribution in [-0.4, -0.2) is 23.0 Å². The Balaban J connectivity index is 2.86. The number of amides is 1. The molecule has 1 aromatic rings. The maximum Gasteiger partial charge on any atom is 0.416 e. The number of isothiocyanates is 1. The van der Waals surface area contributed by atoms with Gasteiger partial charge in [0.15, 0.2) is 0 Å². The fourth-order valence-electron chi connectivity index (χ4n) is 2.40. The lowest BCUT2D eigenvalue weighted by atomic mass is 9.88. The first-order chi connectivity index (χ1) is 9.10. The highest BCUT2D eigenvalue weighted by Gasteiger charge is 2.48. The molecule has 2 rings (SSSR count). The number of carbonyl (C=O) groups excluding carboxylic acids is 1. The standard InChI is InChI=1S/C13H11F3N2OS/c1-12(2)10-8(11(19)18(12)3)4-7(17-6-20)5-9(10)13(14,15)16/h4-5H,1-3H3. The van der Waals surface area contributed by atoms with Crippen LogP contribution in [0.5, 0.6) is 0 Å². The molecule has 106 valence electrons. The summed E-state index contributed by atoms with van der Waals surface area (Å²) in [6, 6.07) is 2.21. The predicted molar refractivity (Wildman–Crippen MR) is 71.2 cm³/mol. The SMILES string of the molecule is CN1C(=O)c2cc(N=C=S)cc(C(F)(F)F)c2C1(C)C. The van der Waals surface area contributed by atoms with Crippen LogP contribution in [0.4, 0.5) is 18.9 Å². The van der Waals surface area contributed by atoms with Gasteiger partial charge in [-0.15, -0.1) is 0 Å². The molecule has 0 N–H and O–H groups in total. The third-order valence-electron chi connectivity index (χ3n) is 3.59. The van der Waals surface area contributed by atoms with Crippen molar-refractivity contribution in [3.05, 3.63) is 28.8 Å². The minimum absolute atomic E-state index is 0.0105. The molecule has 3 nitrogen and oxygen atoms in total. The van der Waals surface area contributed by atoms with Crippen molar-refractivity contribution in [3.63, 3.8) is 0 Å². The van der Waals surface area contributed by atoms with Gasteiger partial charge in [-0.05, 0) is 38.2 Å². The van der Waals surface area contributed by atoms with E-state index in [-0.39, 0.29) is 16.8 Å². The van der Waals surface area contributed by atoms with Crippen molar-refractivity contribution >= 4 is 29.0 Å². The number of alkyl halides is 3. The molecule has 0 aromatic heterocycles. The Morgan fingerprint density at radius 1 is 1.35 bits per heavy atom. The molecule has 20 heavy (non-hydrogen) atoms. The average Bonchev–Trinajstić information content (AvgIpc) is 2.50. The van der Waals surface area contributed by atoms with E-state index in [0.29, 0.717) is 0 Å². The summed E-state index contributed by atoms with van der Waals surface area (Å²) >= 11 is 4.40. The average molecular weight is 300 g/mol. The van der Waals surface area contributed by atoms with Crippen LogP contribution in [0, 0.1) is 0 Å². The van der Waals surface area contributed by atoms with E-state index in [1.807, 2.05) is 5.16 Å². The molecule has 0 atom stereocenters. The summed E-state index contributed by atoms with van der Waals surface area (Å²) in [5.41, 5.74) is -1.93. The zero-order chi connectivity index (χ0) is 15.3. The van der Waals surface area contributed by atoms with Gasteiger partial charge in [0.25, 0.3) is 5.91 Å². The number of fused-ring (bicyclic) bond motifs is 1. The molecular formula is C13H11F3N2OS. The molecule has 0 spiro atoms. The fourth-order valence-corrected chi connectivity index (χ4v) is 2.50. The Hall–Kier alpha value is -1.72. The Morgan fingerprint density at radius 2 is 1.95 bits per heavy atom. The number of hydrogen-bond acceptors (Lipinski definition) is 3. The van der Waals surface area contributed by atoms with Gasteiger partial charge in [0.1, 0.15) is 0 Å². The third-order valence-corrected chi connectivity index (χ3v) is 3.68. The number of carbonyl (C=O) groups is 1. The maximum atomic E-state index is 13.2. The van der Waals surface area contributed by atoms with Crippen LogP contribution in [0.25, 0.3) is 0 Å². The molecule has 0 fully saturated rings. The quantitative estimate of drug-likeness (QED) is 0.584. The first-order valence-corrected chi connectivity index (χ1v) is 6.13. The summed E-state index contributed by atoms with van der Waals surface area (Å²) < 4.78 is 39.7. The van der Waals surface area contributed by atoms with Crippen LogP contribution in [0.3, 0.4) is 0 Å². The number of rotatable bonds is 1. The van der Waals surface area contributed by atoms with Crippen molar-refractivity contribution in [2.75, 3.05) is 7.05 Å². The summed E-state index contributed by atoms with van der Waals surface area (Å²) in [6.07, 6.45) is -4.57.